The van der Waals surface area contributed by atoms with Crippen molar-refractivity contribution < 1.29 is 13.0 Å². The van der Waals surface area contributed by atoms with E-state index in [-0.39, 0.29) is 9.90 Å². The van der Waals surface area contributed by atoms with Gasteiger partial charge in [0.05, 0.1) is 0 Å². The van der Waals surface area contributed by atoms with Gasteiger partial charge in [0.2, 0.25) is 0 Å². The minimum atomic E-state index is -4.12. The van der Waals surface area contributed by atoms with Crippen molar-refractivity contribution in [2.45, 2.75) is 13.3 Å². The Hall–Kier alpha value is 0.0800. The summed E-state index contributed by atoms with van der Waals surface area (Å²) in [5.41, 5.74) is 0. The van der Waals surface area contributed by atoms with E-state index in [9.17, 15) is 13.0 Å². The van der Waals surface area contributed by atoms with E-state index in [4.69, 9.17) is 0 Å². The summed E-state index contributed by atoms with van der Waals surface area (Å²) in [7, 11) is -4.12. The SMILES string of the molecule is CCC=CS(=O)(=O)[O-].[PH4+]. The number of rotatable bonds is 2. The van der Waals surface area contributed by atoms with Crippen molar-refractivity contribution in [1.29, 1.82) is 0 Å². The molecular formula is C4H11O3PS. The molecule has 0 radical (unpaired) electrons. The minimum Gasteiger partial charge on any atom is -0.744 e. The molecule has 0 aromatic heterocycles. The predicted molar refractivity (Wildman–Crippen MR) is 41.6 cm³/mol. The molecule has 0 saturated carbocycles. The number of allylic oxidation sites excluding steroid dienone is 1. The molecule has 0 saturated heterocycles. The molecule has 3 nitrogen and oxygen atoms in total. The van der Waals surface area contributed by atoms with E-state index >= 15 is 0 Å². The predicted octanol–water partition coefficient (Wildman–Crippen LogP) is 0.246. The maximum atomic E-state index is 9.75. The Morgan fingerprint density at radius 3 is 2.11 bits per heavy atom. The van der Waals surface area contributed by atoms with Gasteiger partial charge in [-0.3, -0.25) is 0 Å². The van der Waals surface area contributed by atoms with Crippen LogP contribution in [0.15, 0.2) is 11.5 Å². The van der Waals surface area contributed by atoms with Gasteiger partial charge in [-0.05, 0) is 16.3 Å². The van der Waals surface area contributed by atoms with Crippen LogP contribution in [0.3, 0.4) is 0 Å². The highest BCUT2D eigenvalue weighted by Crippen LogP contribution is 1.85. The fourth-order valence-electron chi connectivity index (χ4n) is 0.214. The molecule has 0 aliphatic rings. The lowest BCUT2D eigenvalue weighted by Crippen LogP contribution is -1.88. The number of hydrogen-bond donors (Lipinski definition) is 0. The lowest BCUT2D eigenvalue weighted by atomic mass is 10.5. The molecule has 0 fully saturated rings. The van der Waals surface area contributed by atoms with Gasteiger partial charge in [-0.1, -0.05) is 13.0 Å². The molecule has 0 aromatic rings. The van der Waals surface area contributed by atoms with E-state index in [1.54, 1.807) is 6.92 Å². The highest BCUT2D eigenvalue weighted by atomic mass is 32.2. The summed E-state index contributed by atoms with van der Waals surface area (Å²) in [6.45, 7) is 1.75. The van der Waals surface area contributed by atoms with Crippen molar-refractivity contribution >= 4 is 20.0 Å². The fourth-order valence-corrected chi connectivity index (χ4v) is 0.642. The molecule has 1 unspecified atom stereocenters. The second kappa shape index (κ2) is 4.91. The summed E-state index contributed by atoms with van der Waals surface area (Å²) in [5.74, 6) is 0. The van der Waals surface area contributed by atoms with E-state index < -0.39 is 10.1 Å². The largest absolute Gasteiger partial charge is 0.744 e. The molecule has 9 heavy (non-hydrogen) atoms. The van der Waals surface area contributed by atoms with Crippen LogP contribution in [0.25, 0.3) is 0 Å². The van der Waals surface area contributed by atoms with Crippen LogP contribution in [0.4, 0.5) is 0 Å². The van der Waals surface area contributed by atoms with Crippen molar-refractivity contribution in [3.05, 3.63) is 11.5 Å². The summed E-state index contributed by atoms with van der Waals surface area (Å²) < 4.78 is 29.2. The van der Waals surface area contributed by atoms with E-state index in [0.29, 0.717) is 11.8 Å². The smallest absolute Gasteiger partial charge is 0.117 e. The summed E-state index contributed by atoms with van der Waals surface area (Å²) >= 11 is 0. The van der Waals surface area contributed by atoms with Gasteiger partial charge in [0, 0.05) is 5.41 Å². The van der Waals surface area contributed by atoms with Crippen LogP contribution >= 0.6 is 9.90 Å². The van der Waals surface area contributed by atoms with Crippen molar-refractivity contribution in [3.63, 3.8) is 0 Å². The van der Waals surface area contributed by atoms with Crippen LogP contribution in [0.2, 0.25) is 0 Å². The topological polar surface area (TPSA) is 57.2 Å². The van der Waals surface area contributed by atoms with Gasteiger partial charge in [-0.15, -0.1) is 0 Å². The second-order valence-electron chi connectivity index (χ2n) is 1.27. The van der Waals surface area contributed by atoms with E-state index in [1.807, 2.05) is 0 Å². The van der Waals surface area contributed by atoms with Crippen molar-refractivity contribution in [3.8, 4) is 0 Å². The highest BCUT2D eigenvalue weighted by Gasteiger charge is 1.78. The molecule has 0 aromatic carbocycles. The summed E-state index contributed by atoms with van der Waals surface area (Å²) in [6.07, 6.45) is 1.88. The maximum Gasteiger partial charge on any atom is 0.117 e. The van der Waals surface area contributed by atoms with Crippen LogP contribution < -0.4 is 0 Å². The van der Waals surface area contributed by atoms with Gasteiger partial charge in [0.1, 0.15) is 10.1 Å². The van der Waals surface area contributed by atoms with Crippen LogP contribution in [0, 0.1) is 0 Å². The fraction of sp³-hybridized carbons (Fsp3) is 0.500. The second-order valence-corrected chi connectivity index (χ2v) is 2.53. The Morgan fingerprint density at radius 1 is 1.56 bits per heavy atom. The van der Waals surface area contributed by atoms with Gasteiger partial charge in [-0.2, -0.15) is 0 Å². The minimum absolute atomic E-state index is 0. The van der Waals surface area contributed by atoms with Crippen LogP contribution in [0.1, 0.15) is 13.3 Å². The third-order valence-electron chi connectivity index (χ3n) is 0.499. The quantitative estimate of drug-likeness (QED) is 0.440. The Kier molecular flexibility index (Phi) is 6.46. The van der Waals surface area contributed by atoms with Crippen LogP contribution in [-0.2, 0) is 10.1 Å². The van der Waals surface area contributed by atoms with E-state index in [2.05, 4.69) is 0 Å². The Balaban J connectivity index is 0. The van der Waals surface area contributed by atoms with Crippen LogP contribution in [-0.4, -0.2) is 13.0 Å². The average Bonchev–Trinajstić information content (AvgIpc) is 1.59. The Bertz CT molecular complexity index is 170. The van der Waals surface area contributed by atoms with Gasteiger partial charge in [0.25, 0.3) is 0 Å². The van der Waals surface area contributed by atoms with Gasteiger partial charge >= 0.3 is 0 Å². The van der Waals surface area contributed by atoms with Gasteiger partial charge < -0.3 is 4.55 Å². The van der Waals surface area contributed by atoms with Crippen molar-refractivity contribution in [1.82, 2.24) is 0 Å². The lowest BCUT2D eigenvalue weighted by molar-refractivity contribution is 0.474. The average molecular weight is 170 g/mol. The monoisotopic (exact) mass is 170 g/mol. The first-order chi connectivity index (χ1) is 3.56. The summed E-state index contributed by atoms with van der Waals surface area (Å²) in [4.78, 5) is 0. The molecule has 0 bridgehead atoms. The number of hydrogen-bond acceptors (Lipinski definition) is 3. The third kappa shape index (κ3) is 11.6. The Labute approximate surface area is 58.5 Å². The molecule has 0 N–H and O–H groups in total. The first-order valence-corrected chi connectivity index (χ1v) is 3.66. The first-order valence-electron chi connectivity index (χ1n) is 2.18. The lowest BCUT2D eigenvalue weighted by Gasteiger charge is -1.95. The summed E-state index contributed by atoms with van der Waals surface area (Å²) in [5, 5.41) is 0.660. The third-order valence-corrected chi connectivity index (χ3v) is 1.02. The molecule has 56 valence electrons. The van der Waals surface area contributed by atoms with Crippen molar-refractivity contribution in [2.75, 3.05) is 0 Å². The zero-order chi connectivity index (χ0) is 6.62. The molecule has 5 heteroatoms. The van der Waals surface area contributed by atoms with Gasteiger partial charge in [-0.25, -0.2) is 8.42 Å². The molecular weight excluding hydrogens is 159 g/mol. The standard InChI is InChI=1S/C4H8O3S.H3P/c1-2-3-4-8(5,6)7;/h3-4H,2H2,1H3,(H,5,6,7);1H3. The van der Waals surface area contributed by atoms with Crippen molar-refractivity contribution in [2.24, 2.45) is 0 Å². The molecule has 1 atom stereocenters. The van der Waals surface area contributed by atoms with Gasteiger partial charge in [0.15, 0.2) is 0 Å². The Morgan fingerprint density at radius 2 is 2.00 bits per heavy atom. The highest BCUT2D eigenvalue weighted by molar-refractivity contribution is 7.88. The molecule has 0 amide bonds. The molecule has 0 aliphatic carbocycles. The molecule has 0 rings (SSSR count). The van der Waals surface area contributed by atoms with E-state index in [0.717, 1.165) is 0 Å². The first kappa shape index (κ1) is 11.8. The normalized spacial score (nSPS) is 11.3. The zero-order valence-corrected chi connectivity index (χ0v) is 8.31. The molecule has 0 spiro atoms. The van der Waals surface area contributed by atoms with E-state index in [1.165, 1.54) is 6.08 Å². The summed E-state index contributed by atoms with van der Waals surface area (Å²) in [6, 6.07) is 0. The molecule has 0 heterocycles. The van der Waals surface area contributed by atoms with Crippen LogP contribution in [0.5, 0.6) is 0 Å². The zero-order valence-electron chi connectivity index (χ0n) is 5.49. The maximum absolute atomic E-state index is 9.75. The molecule has 0 aliphatic heterocycles.